The van der Waals surface area contributed by atoms with Gasteiger partial charge in [-0.3, -0.25) is 9.69 Å². The SMILES string of the molecule is O=C(CN(Cc1ccco1)[C@@H]1CCS(=O)(=O)C1)Nc1ccccc1I. The van der Waals surface area contributed by atoms with Crippen molar-refractivity contribution < 1.29 is 17.6 Å². The van der Waals surface area contributed by atoms with E-state index in [-0.39, 0.29) is 30.0 Å². The molecule has 1 aromatic heterocycles. The van der Waals surface area contributed by atoms with Gasteiger partial charge in [-0.15, -0.1) is 0 Å². The Morgan fingerprint density at radius 2 is 2.08 bits per heavy atom. The van der Waals surface area contributed by atoms with Gasteiger partial charge in [0.15, 0.2) is 9.84 Å². The molecule has 0 spiro atoms. The fourth-order valence-electron chi connectivity index (χ4n) is 2.92. The van der Waals surface area contributed by atoms with E-state index in [1.165, 1.54) is 0 Å². The van der Waals surface area contributed by atoms with Gasteiger partial charge in [-0.1, -0.05) is 12.1 Å². The number of hydrogen-bond acceptors (Lipinski definition) is 5. The van der Waals surface area contributed by atoms with E-state index in [1.54, 1.807) is 12.3 Å². The van der Waals surface area contributed by atoms with Crippen molar-refractivity contribution in [2.45, 2.75) is 19.0 Å². The summed E-state index contributed by atoms with van der Waals surface area (Å²) in [5.74, 6) is 0.806. The van der Waals surface area contributed by atoms with Crippen LogP contribution in [0.4, 0.5) is 5.69 Å². The number of sulfone groups is 1. The number of anilines is 1. The first-order valence-electron chi connectivity index (χ1n) is 7.94. The molecule has 3 rings (SSSR count). The van der Waals surface area contributed by atoms with Crippen LogP contribution in [-0.4, -0.2) is 43.3 Å². The van der Waals surface area contributed by atoms with Crippen LogP contribution in [0.3, 0.4) is 0 Å². The summed E-state index contributed by atoms with van der Waals surface area (Å²) in [6, 6.07) is 11.0. The molecule has 1 atom stereocenters. The molecule has 1 saturated heterocycles. The number of hydrogen-bond donors (Lipinski definition) is 1. The number of halogens is 1. The highest BCUT2D eigenvalue weighted by Gasteiger charge is 2.33. The number of nitrogens with one attached hydrogen (secondary N) is 1. The van der Waals surface area contributed by atoms with E-state index in [4.69, 9.17) is 4.42 Å². The van der Waals surface area contributed by atoms with Gasteiger partial charge in [0.05, 0.1) is 36.5 Å². The fraction of sp³-hybridized carbons (Fsp3) is 0.353. The van der Waals surface area contributed by atoms with Gasteiger partial charge in [0, 0.05) is 9.61 Å². The van der Waals surface area contributed by atoms with Gasteiger partial charge in [-0.05, 0) is 53.3 Å². The Balaban J connectivity index is 1.70. The lowest BCUT2D eigenvalue weighted by Gasteiger charge is -2.26. The van der Waals surface area contributed by atoms with E-state index in [2.05, 4.69) is 27.9 Å². The highest BCUT2D eigenvalue weighted by molar-refractivity contribution is 14.1. The Morgan fingerprint density at radius 3 is 2.72 bits per heavy atom. The van der Waals surface area contributed by atoms with Crippen LogP contribution >= 0.6 is 22.6 Å². The number of amides is 1. The van der Waals surface area contributed by atoms with Gasteiger partial charge in [0.1, 0.15) is 5.76 Å². The fourth-order valence-corrected chi connectivity index (χ4v) is 5.20. The smallest absolute Gasteiger partial charge is 0.238 e. The van der Waals surface area contributed by atoms with Crippen LogP contribution in [0, 0.1) is 3.57 Å². The summed E-state index contributed by atoms with van der Waals surface area (Å²) in [5.41, 5.74) is 0.755. The molecule has 0 radical (unpaired) electrons. The average Bonchev–Trinajstić information content (AvgIpc) is 3.18. The zero-order valence-corrected chi connectivity index (χ0v) is 16.5. The van der Waals surface area contributed by atoms with Crippen LogP contribution in [0.15, 0.2) is 47.1 Å². The predicted octanol–water partition coefficient (Wildman–Crippen LogP) is 2.51. The zero-order chi connectivity index (χ0) is 17.9. The maximum absolute atomic E-state index is 12.5. The normalized spacial score (nSPS) is 19.2. The molecule has 1 amide bonds. The van der Waals surface area contributed by atoms with Crippen LogP contribution < -0.4 is 5.32 Å². The van der Waals surface area contributed by atoms with Gasteiger partial charge in [0.2, 0.25) is 5.91 Å². The number of benzene rings is 1. The summed E-state index contributed by atoms with van der Waals surface area (Å²) >= 11 is 2.17. The van der Waals surface area contributed by atoms with E-state index in [9.17, 15) is 13.2 Å². The third-order valence-corrected chi connectivity index (χ3v) is 6.85. The maximum Gasteiger partial charge on any atom is 0.238 e. The zero-order valence-electron chi connectivity index (χ0n) is 13.5. The first kappa shape index (κ1) is 18.4. The Hall–Kier alpha value is -1.39. The number of para-hydroxylation sites is 1. The van der Waals surface area contributed by atoms with E-state index in [0.29, 0.717) is 18.7 Å². The van der Waals surface area contributed by atoms with Crippen molar-refractivity contribution in [3.05, 3.63) is 52.0 Å². The van der Waals surface area contributed by atoms with Crippen molar-refractivity contribution in [2.75, 3.05) is 23.4 Å². The molecule has 0 unspecified atom stereocenters. The molecule has 25 heavy (non-hydrogen) atoms. The first-order valence-corrected chi connectivity index (χ1v) is 10.8. The van der Waals surface area contributed by atoms with Crippen LogP contribution in [0.2, 0.25) is 0 Å². The lowest BCUT2D eigenvalue weighted by molar-refractivity contribution is -0.118. The van der Waals surface area contributed by atoms with Crippen molar-refractivity contribution in [3.8, 4) is 0 Å². The van der Waals surface area contributed by atoms with Gasteiger partial charge in [-0.2, -0.15) is 0 Å². The highest BCUT2D eigenvalue weighted by Crippen LogP contribution is 2.21. The number of furan rings is 1. The second-order valence-corrected chi connectivity index (χ2v) is 9.46. The largest absolute Gasteiger partial charge is 0.468 e. The van der Waals surface area contributed by atoms with Crippen molar-refractivity contribution in [1.82, 2.24) is 4.90 Å². The summed E-state index contributed by atoms with van der Waals surface area (Å²) < 4.78 is 30.0. The van der Waals surface area contributed by atoms with Crippen LogP contribution in [-0.2, 0) is 21.2 Å². The van der Waals surface area contributed by atoms with E-state index in [0.717, 1.165) is 9.26 Å². The molecule has 0 bridgehead atoms. The third kappa shape index (κ3) is 5.05. The molecule has 0 aliphatic carbocycles. The Kier molecular flexibility index (Phi) is 5.80. The molecule has 2 aromatic rings. The molecule has 8 heteroatoms. The molecule has 1 N–H and O–H groups in total. The van der Waals surface area contributed by atoms with E-state index < -0.39 is 9.84 Å². The Labute approximate surface area is 160 Å². The minimum atomic E-state index is -3.03. The molecule has 1 fully saturated rings. The van der Waals surface area contributed by atoms with Crippen molar-refractivity contribution in [3.63, 3.8) is 0 Å². The second-order valence-electron chi connectivity index (χ2n) is 6.07. The summed E-state index contributed by atoms with van der Waals surface area (Å²) in [5, 5.41) is 2.90. The van der Waals surface area contributed by atoms with Crippen LogP contribution in [0.5, 0.6) is 0 Å². The number of nitrogens with zero attached hydrogens (tertiary/aromatic N) is 1. The summed E-state index contributed by atoms with van der Waals surface area (Å²) in [7, 11) is -3.03. The molecule has 1 aromatic carbocycles. The van der Waals surface area contributed by atoms with Gasteiger partial charge >= 0.3 is 0 Å². The topological polar surface area (TPSA) is 79.6 Å². The predicted molar refractivity (Wildman–Crippen MR) is 104 cm³/mol. The average molecular weight is 474 g/mol. The molecular formula is C17H19IN2O4S. The van der Waals surface area contributed by atoms with Crippen LogP contribution in [0.1, 0.15) is 12.2 Å². The summed E-state index contributed by atoms with van der Waals surface area (Å²) in [6.07, 6.45) is 2.12. The van der Waals surface area contributed by atoms with Gasteiger partial charge in [-0.25, -0.2) is 8.42 Å². The van der Waals surface area contributed by atoms with Crippen molar-refractivity contribution >= 4 is 44.0 Å². The first-order chi connectivity index (χ1) is 11.9. The molecule has 134 valence electrons. The minimum absolute atomic E-state index is 0.0872. The minimum Gasteiger partial charge on any atom is -0.468 e. The third-order valence-electron chi connectivity index (χ3n) is 4.16. The van der Waals surface area contributed by atoms with Crippen molar-refractivity contribution in [2.24, 2.45) is 0 Å². The lowest BCUT2D eigenvalue weighted by atomic mass is 10.2. The maximum atomic E-state index is 12.5. The standard InChI is InChI=1S/C17H19IN2O4S/c18-15-5-1-2-6-16(15)19-17(21)11-20(10-14-4-3-8-24-14)13-7-9-25(22,23)12-13/h1-6,8,13H,7,9-12H2,(H,19,21)/t13-/m1/s1. The Bertz CT molecular complexity index is 836. The summed E-state index contributed by atoms with van der Waals surface area (Å²) in [4.78, 5) is 14.4. The summed E-state index contributed by atoms with van der Waals surface area (Å²) in [6.45, 7) is 0.526. The molecular weight excluding hydrogens is 455 g/mol. The second kappa shape index (κ2) is 7.88. The quantitative estimate of drug-likeness (QED) is 0.652. The van der Waals surface area contributed by atoms with Gasteiger partial charge < -0.3 is 9.73 Å². The molecule has 1 aliphatic rings. The number of carbonyl (C=O) groups is 1. The molecule has 0 saturated carbocycles. The number of rotatable bonds is 6. The van der Waals surface area contributed by atoms with Gasteiger partial charge in [0.25, 0.3) is 0 Å². The highest BCUT2D eigenvalue weighted by atomic mass is 127. The molecule has 2 heterocycles. The van der Waals surface area contributed by atoms with Crippen LogP contribution in [0.25, 0.3) is 0 Å². The Morgan fingerprint density at radius 1 is 1.28 bits per heavy atom. The monoisotopic (exact) mass is 474 g/mol. The molecule has 1 aliphatic heterocycles. The van der Waals surface area contributed by atoms with Crippen molar-refractivity contribution in [1.29, 1.82) is 0 Å². The van der Waals surface area contributed by atoms with E-state index >= 15 is 0 Å². The molecule has 6 nitrogen and oxygen atoms in total. The van der Waals surface area contributed by atoms with E-state index in [1.807, 2.05) is 35.2 Å². The number of carbonyl (C=O) groups excluding carboxylic acids is 1. The lowest BCUT2D eigenvalue weighted by Crippen LogP contribution is -2.41.